The number of aromatic nitrogens is 3. The fourth-order valence-electron chi connectivity index (χ4n) is 1.88. The summed E-state index contributed by atoms with van der Waals surface area (Å²) >= 11 is 0. The van der Waals surface area contributed by atoms with Gasteiger partial charge in [0.1, 0.15) is 0 Å². The molecule has 0 aliphatic heterocycles. The first-order chi connectivity index (χ1) is 9.54. The molecule has 7 heteroatoms. The van der Waals surface area contributed by atoms with E-state index < -0.39 is 0 Å². The zero-order valence-electron chi connectivity index (χ0n) is 11.6. The van der Waals surface area contributed by atoms with Crippen LogP contribution in [0.5, 0.6) is 5.88 Å². The van der Waals surface area contributed by atoms with Gasteiger partial charge in [0, 0.05) is 33.0 Å². The van der Waals surface area contributed by atoms with Crippen molar-refractivity contribution in [2.24, 2.45) is 14.1 Å². The van der Waals surface area contributed by atoms with Crippen LogP contribution in [-0.2, 0) is 20.6 Å². The predicted octanol–water partition coefficient (Wildman–Crippen LogP) is 0.0997. The van der Waals surface area contributed by atoms with Crippen molar-refractivity contribution < 1.29 is 4.74 Å². The van der Waals surface area contributed by atoms with Crippen molar-refractivity contribution in [2.75, 3.05) is 12.4 Å². The number of nitrogens with one attached hydrogen (secondary N) is 1. The highest BCUT2D eigenvalue weighted by atomic mass is 16.5. The number of ether oxygens (including phenoxy) is 1. The van der Waals surface area contributed by atoms with E-state index in [4.69, 9.17) is 4.74 Å². The molecule has 0 bridgehead atoms. The van der Waals surface area contributed by atoms with Gasteiger partial charge < -0.3 is 14.6 Å². The number of aryl methyl sites for hydroxylation is 1. The molecule has 2 heterocycles. The normalized spacial score (nSPS) is 10.3. The summed E-state index contributed by atoms with van der Waals surface area (Å²) in [6, 6.07) is 3.57. The molecule has 2 aromatic heterocycles. The molecule has 2 aromatic rings. The zero-order chi connectivity index (χ0) is 14.7. The maximum absolute atomic E-state index is 12.0. The summed E-state index contributed by atoms with van der Waals surface area (Å²) < 4.78 is 7.57. The SMILES string of the molecule is COc1ncccc1NCc1cn(C)c(=O)n(C)c1=O. The lowest BCUT2D eigenvalue weighted by Gasteiger charge is -2.11. The Labute approximate surface area is 115 Å². The van der Waals surface area contributed by atoms with Crippen molar-refractivity contribution in [3.05, 3.63) is 50.9 Å². The molecule has 106 valence electrons. The summed E-state index contributed by atoms with van der Waals surface area (Å²) in [4.78, 5) is 27.6. The van der Waals surface area contributed by atoms with E-state index >= 15 is 0 Å². The third-order valence-electron chi connectivity index (χ3n) is 2.95. The summed E-state index contributed by atoms with van der Waals surface area (Å²) in [7, 11) is 4.59. The quantitative estimate of drug-likeness (QED) is 0.857. The molecule has 1 N–H and O–H groups in total. The predicted molar refractivity (Wildman–Crippen MR) is 75.0 cm³/mol. The third-order valence-corrected chi connectivity index (χ3v) is 2.95. The Hall–Kier alpha value is -2.57. The number of methoxy groups -OCH3 is 1. The third kappa shape index (κ3) is 2.56. The van der Waals surface area contributed by atoms with Crippen LogP contribution >= 0.6 is 0 Å². The van der Waals surface area contributed by atoms with Gasteiger partial charge in [-0.1, -0.05) is 0 Å². The summed E-state index contributed by atoms with van der Waals surface area (Å²) in [6.07, 6.45) is 3.15. The van der Waals surface area contributed by atoms with Gasteiger partial charge in [-0.2, -0.15) is 0 Å². The Bertz CT molecular complexity index is 733. The highest BCUT2D eigenvalue weighted by Crippen LogP contribution is 2.19. The summed E-state index contributed by atoms with van der Waals surface area (Å²) in [5.41, 5.74) is 0.507. The van der Waals surface area contributed by atoms with E-state index in [2.05, 4.69) is 10.3 Å². The van der Waals surface area contributed by atoms with Gasteiger partial charge in [0.2, 0.25) is 5.88 Å². The van der Waals surface area contributed by atoms with Gasteiger partial charge >= 0.3 is 5.69 Å². The second-order valence-corrected chi connectivity index (χ2v) is 4.33. The molecule has 0 unspecified atom stereocenters. The van der Waals surface area contributed by atoms with Crippen LogP contribution in [0.1, 0.15) is 5.56 Å². The minimum absolute atomic E-state index is 0.281. The molecule has 0 aromatic carbocycles. The van der Waals surface area contributed by atoms with Crippen LogP contribution < -0.4 is 21.3 Å². The van der Waals surface area contributed by atoms with Crippen molar-refractivity contribution in [3.8, 4) is 5.88 Å². The standard InChI is InChI=1S/C13H16N4O3/c1-16-8-9(12(18)17(2)13(16)19)7-15-10-5-4-6-14-11(10)20-3/h4-6,8,15H,7H2,1-3H3. The lowest BCUT2D eigenvalue weighted by atomic mass is 10.3. The van der Waals surface area contributed by atoms with E-state index in [9.17, 15) is 9.59 Å². The average molecular weight is 276 g/mol. The van der Waals surface area contributed by atoms with Gasteiger partial charge in [0.15, 0.2) is 0 Å². The topological polar surface area (TPSA) is 78.2 Å². The van der Waals surface area contributed by atoms with Crippen LogP contribution in [0.15, 0.2) is 34.1 Å². The molecule has 2 rings (SSSR count). The Balaban J connectivity index is 2.28. The van der Waals surface area contributed by atoms with E-state index in [-0.39, 0.29) is 17.8 Å². The van der Waals surface area contributed by atoms with Gasteiger partial charge in [0.05, 0.1) is 18.4 Å². The summed E-state index contributed by atoms with van der Waals surface area (Å²) in [5.74, 6) is 0.453. The van der Waals surface area contributed by atoms with Crippen LogP contribution in [0.25, 0.3) is 0 Å². The maximum Gasteiger partial charge on any atom is 0.330 e. The van der Waals surface area contributed by atoms with E-state index in [0.717, 1.165) is 4.57 Å². The number of hydrogen-bond donors (Lipinski definition) is 1. The molecule has 0 spiro atoms. The van der Waals surface area contributed by atoms with E-state index in [0.29, 0.717) is 17.1 Å². The Morgan fingerprint density at radius 3 is 2.80 bits per heavy atom. The number of hydrogen-bond acceptors (Lipinski definition) is 5. The van der Waals surface area contributed by atoms with Crippen LogP contribution in [0.3, 0.4) is 0 Å². The van der Waals surface area contributed by atoms with Crippen molar-refractivity contribution in [2.45, 2.75) is 6.54 Å². The van der Waals surface area contributed by atoms with Gasteiger partial charge in [0.25, 0.3) is 5.56 Å². The number of rotatable bonds is 4. The van der Waals surface area contributed by atoms with E-state index in [1.165, 1.54) is 24.9 Å². The highest BCUT2D eigenvalue weighted by molar-refractivity contribution is 5.52. The molecule has 0 aliphatic carbocycles. The number of nitrogens with zero attached hydrogens (tertiary/aromatic N) is 3. The molecule has 0 aliphatic rings. The van der Waals surface area contributed by atoms with Crippen LogP contribution in [0, 0.1) is 0 Å². The minimum atomic E-state index is -0.349. The molecule has 0 saturated carbocycles. The van der Waals surface area contributed by atoms with Crippen LogP contribution in [-0.4, -0.2) is 21.2 Å². The average Bonchev–Trinajstić information content (AvgIpc) is 2.47. The van der Waals surface area contributed by atoms with Gasteiger partial charge in [-0.15, -0.1) is 0 Å². The summed E-state index contributed by atoms with van der Waals surface area (Å²) in [5, 5.41) is 3.08. The monoisotopic (exact) mass is 276 g/mol. The maximum atomic E-state index is 12.0. The Morgan fingerprint density at radius 2 is 2.10 bits per heavy atom. The fraction of sp³-hybridized carbons (Fsp3) is 0.308. The highest BCUT2D eigenvalue weighted by Gasteiger charge is 2.08. The van der Waals surface area contributed by atoms with Gasteiger partial charge in [-0.05, 0) is 12.1 Å². The Morgan fingerprint density at radius 1 is 1.35 bits per heavy atom. The molecule has 0 saturated heterocycles. The molecule has 7 nitrogen and oxygen atoms in total. The van der Waals surface area contributed by atoms with Crippen molar-refractivity contribution in [1.82, 2.24) is 14.1 Å². The van der Waals surface area contributed by atoms with Crippen molar-refractivity contribution in [1.29, 1.82) is 0 Å². The first kappa shape index (κ1) is 13.9. The van der Waals surface area contributed by atoms with Crippen LogP contribution in [0.4, 0.5) is 5.69 Å². The van der Waals surface area contributed by atoms with Crippen LogP contribution in [0.2, 0.25) is 0 Å². The van der Waals surface area contributed by atoms with Gasteiger partial charge in [-0.25, -0.2) is 9.78 Å². The summed E-state index contributed by atoms with van der Waals surface area (Å²) in [6.45, 7) is 0.281. The largest absolute Gasteiger partial charge is 0.480 e. The van der Waals surface area contributed by atoms with Crippen molar-refractivity contribution in [3.63, 3.8) is 0 Å². The molecule has 0 fully saturated rings. The fourth-order valence-corrected chi connectivity index (χ4v) is 1.88. The van der Waals surface area contributed by atoms with Gasteiger partial charge in [-0.3, -0.25) is 9.36 Å². The van der Waals surface area contributed by atoms with Crippen molar-refractivity contribution >= 4 is 5.69 Å². The molecule has 20 heavy (non-hydrogen) atoms. The van der Waals surface area contributed by atoms with E-state index in [1.54, 1.807) is 25.4 Å². The second kappa shape index (κ2) is 5.60. The zero-order valence-corrected chi connectivity index (χ0v) is 11.6. The number of anilines is 1. The smallest absolute Gasteiger partial charge is 0.330 e. The lowest BCUT2D eigenvalue weighted by molar-refractivity contribution is 0.399. The molecule has 0 amide bonds. The molecular formula is C13H16N4O3. The molecular weight excluding hydrogens is 260 g/mol. The molecule has 0 atom stereocenters. The number of pyridine rings is 1. The second-order valence-electron chi connectivity index (χ2n) is 4.33. The van der Waals surface area contributed by atoms with E-state index in [1.807, 2.05) is 0 Å². The first-order valence-corrected chi connectivity index (χ1v) is 6.03. The minimum Gasteiger partial charge on any atom is -0.480 e. The Kier molecular flexibility index (Phi) is 3.88. The first-order valence-electron chi connectivity index (χ1n) is 6.03. The lowest BCUT2D eigenvalue weighted by Crippen LogP contribution is -2.38. The molecule has 0 radical (unpaired) electrons.